The Bertz CT molecular complexity index is 228. The number of likely N-dealkylation sites (N-methyl/N-ethyl adjacent to an activating group) is 1. The molecule has 0 radical (unpaired) electrons. The van der Waals surface area contributed by atoms with Gasteiger partial charge in [-0.05, 0) is 45.7 Å². The first-order valence-electron chi connectivity index (χ1n) is 9.72. The van der Waals surface area contributed by atoms with Crippen LogP contribution in [0.25, 0.3) is 0 Å². The predicted octanol–water partition coefficient (Wildman–Crippen LogP) is 5.82. The number of allylic oxidation sites excluding steroid dienone is 2. The Kier molecular flexibility index (Phi) is 18.4. The summed E-state index contributed by atoms with van der Waals surface area (Å²) < 4.78 is 5.69. The Morgan fingerprint density at radius 1 is 0.682 bits per heavy atom. The summed E-state index contributed by atoms with van der Waals surface area (Å²) in [5.41, 5.74) is 0. The Hall–Kier alpha value is -0.340. The van der Waals surface area contributed by atoms with Gasteiger partial charge in [-0.15, -0.1) is 0 Å². The standard InChI is InChI=1S/C20H41NO/c1-4-6-7-8-9-10-11-12-13-14-15-16-19-22-20-18-21(3)17-5-2/h8-9H,4-7,10-20H2,1-3H3/b9-8-. The highest BCUT2D eigenvalue weighted by Crippen LogP contribution is 2.08. The molecule has 0 atom stereocenters. The van der Waals surface area contributed by atoms with Crippen molar-refractivity contribution >= 4 is 0 Å². The summed E-state index contributed by atoms with van der Waals surface area (Å²) in [6.45, 7) is 8.56. The summed E-state index contributed by atoms with van der Waals surface area (Å²) in [7, 11) is 2.17. The maximum Gasteiger partial charge on any atom is 0.0593 e. The third-order valence-electron chi connectivity index (χ3n) is 4.02. The van der Waals surface area contributed by atoms with Crippen LogP contribution in [0.1, 0.15) is 84.5 Å². The van der Waals surface area contributed by atoms with Crippen molar-refractivity contribution in [2.45, 2.75) is 84.5 Å². The molecule has 0 aliphatic carbocycles. The average Bonchev–Trinajstić information content (AvgIpc) is 2.51. The molecular formula is C20H41NO. The van der Waals surface area contributed by atoms with Crippen molar-refractivity contribution in [2.24, 2.45) is 0 Å². The van der Waals surface area contributed by atoms with Gasteiger partial charge in [-0.25, -0.2) is 0 Å². The quantitative estimate of drug-likeness (QED) is 0.248. The zero-order valence-electron chi connectivity index (χ0n) is 15.6. The van der Waals surface area contributed by atoms with Crippen LogP contribution >= 0.6 is 0 Å². The Balaban J connectivity index is 3.07. The monoisotopic (exact) mass is 311 g/mol. The summed E-state index contributed by atoms with van der Waals surface area (Å²) in [5.74, 6) is 0. The first-order valence-corrected chi connectivity index (χ1v) is 9.72. The fourth-order valence-electron chi connectivity index (χ4n) is 2.55. The second-order valence-electron chi connectivity index (χ2n) is 6.44. The number of nitrogens with zero attached hydrogens (tertiary/aromatic N) is 1. The van der Waals surface area contributed by atoms with Crippen LogP contribution in [0.4, 0.5) is 0 Å². The van der Waals surface area contributed by atoms with Gasteiger partial charge in [0.15, 0.2) is 0 Å². The summed E-state index contributed by atoms with van der Waals surface area (Å²) in [4.78, 5) is 2.34. The summed E-state index contributed by atoms with van der Waals surface area (Å²) in [6, 6.07) is 0. The van der Waals surface area contributed by atoms with Gasteiger partial charge in [-0.2, -0.15) is 0 Å². The van der Waals surface area contributed by atoms with E-state index in [-0.39, 0.29) is 0 Å². The topological polar surface area (TPSA) is 12.5 Å². The van der Waals surface area contributed by atoms with Gasteiger partial charge in [-0.3, -0.25) is 0 Å². The maximum absolute atomic E-state index is 5.69. The van der Waals surface area contributed by atoms with Crippen LogP contribution in [0.3, 0.4) is 0 Å². The van der Waals surface area contributed by atoms with E-state index >= 15 is 0 Å². The van der Waals surface area contributed by atoms with Crippen LogP contribution in [0, 0.1) is 0 Å². The van der Waals surface area contributed by atoms with Gasteiger partial charge in [0.05, 0.1) is 6.61 Å². The molecule has 0 fully saturated rings. The molecule has 0 saturated heterocycles. The van der Waals surface area contributed by atoms with E-state index < -0.39 is 0 Å². The van der Waals surface area contributed by atoms with Crippen LogP contribution in [-0.2, 0) is 4.74 Å². The van der Waals surface area contributed by atoms with E-state index in [1.54, 1.807) is 0 Å². The highest BCUT2D eigenvalue weighted by atomic mass is 16.5. The van der Waals surface area contributed by atoms with Crippen LogP contribution in [0.5, 0.6) is 0 Å². The third kappa shape index (κ3) is 17.7. The van der Waals surface area contributed by atoms with Gasteiger partial charge in [0.2, 0.25) is 0 Å². The van der Waals surface area contributed by atoms with E-state index in [4.69, 9.17) is 4.74 Å². The molecule has 22 heavy (non-hydrogen) atoms. The van der Waals surface area contributed by atoms with Gasteiger partial charge in [0.25, 0.3) is 0 Å². The third-order valence-corrected chi connectivity index (χ3v) is 4.02. The number of hydrogen-bond acceptors (Lipinski definition) is 2. The van der Waals surface area contributed by atoms with Crippen LogP contribution < -0.4 is 0 Å². The van der Waals surface area contributed by atoms with E-state index in [1.807, 2.05) is 0 Å². The average molecular weight is 312 g/mol. The van der Waals surface area contributed by atoms with Gasteiger partial charge in [0.1, 0.15) is 0 Å². The van der Waals surface area contributed by atoms with Crippen molar-refractivity contribution in [1.82, 2.24) is 4.90 Å². The van der Waals surface area contributed by atoms with Crippen LogP contribution in [-0.4, -0.2) is 38.3 Å². The van der Waals surface area contributed by atoms with Crippen LogP contribution in [0.15, 0.2) is 12.2 Å². The van der Waals surface area contributed by atoms with Crippen LogP contribution in [0.2, 0.25) is 0 Å². The van der Waals surface area contributed by atoms with Gasteiger partial charge >= 0.3 is 0 Å². The molecule has 0 rings (SSSR count). The molecule has 0 amide bonds. The second kappa shape index (κ2) is 18.7. The molecule has 0 aromatic carbocycles. The van der Waals surface area contributed by atoms with Gasteiger partial charge in [-0.1, -0.05) is 64.5 Å². The SMILES string of the molecule is CCCC/C=C\CCCCCCCCOCCN(C)CCC. The number of unbranched alkanes of at least 4 members (excludes halogenated alkanes) is 8. The highest BCUT2D eigenvalue weighted by Gasteiger charge is 1.96. The van der Waals surface area contributed by atoms with E-state index in [0.29, 0.717) is 0 Å². The van der Waals surface area contributed by atoms with E-state index in [2.05, 4.69) is 37.9 Å². The van der Waals surface area contributed by atoms with Crippen molar-refractivity contribution in [3.05, 3.63) is 12.2 Å². The summed E-state index contributed by atoms with van der Waals surface area (Å²) >= 11 is 0. The zero-order chi connectivity index (χ0) is 16.3. The molecule has 0 heterocycles. The van der Waals surface area contributed by atoms with Crippen molar-refractivity contribution in [2.75, 3.05) is 33.4 Å². The van der Waals surface area contributed by atoms with Gasteiger partial charge in [0, 0.05) is 13.2 Å². The smallest absolute Gasteiger partial charge is 0.0593 e. The lowest BCUT2D eigenvalue weighted by atomic mass is 10.1. The number of ether oxygens (including phenoxy) is 1. The number of hydrogen-bond donors (Lipinski definition) is 0. The van der Waals surface area contributed by atoms with Gasteiger partial charge < -0.3 is 9.64 Å². The Labute approximate surface area is 140 Å². The van der Waals surface area contributed by atoms with Crippen molar-refractivity contribution in [3.8, 4) is 0 Å². The molecule has 0 aliphatic heterocycles. The molecule has 2 nitrogen and oxygen atoms in total. The minimum Gasteiger partial charge on any atom is -0.380 e. The lowest BCUT2D eigenvalue weighted by Gasteiger charge is -2.15. The zero-order valence-corrected chi connectivity index (χ0v) is 15.6. The normalized spacial score (nSPS) is 11.8. The molecule has 0 N–H and O–H groups in total. The summed E-state index contributed by atoms with van der Waals surface area (Å²) in [6.07, 6.45) is 19.2. The number of rotatable bonds is 17. The molecule has 0 aliphatic rings. The Morgan fingerprint density at radius 3 is 2.00 bits per heavy atom. The molecule has 0 saturated carbocycles. The maximum atomic E-state index is 5.69. The second-order valence-corrected chi connectivity index (χ2v) is 6.44. The highest BCUT2D eigenvalue weighted by molar-refractivity contribution is 4.81. The largest absolute Gasteiger partial charge is 0.380 e. The lowest BCUT2D eigenvalue weighted by molar-refractivity contribution is 0.108. The van der Waals surface area contributed by atoms with Crippen molar-refractivity contribution in [1.29, 1.82) is 0 Å². The minimum atomic E-state index is 0.890. The molecule has 0 bridgehead atoms. The first kappa shape index (κ1) is 21.7. The molecule has 0 aromatic rings. The van der Waals surface area contributed by atoms with E-state index in [1.165, 1.54) is 77.2 Å². The molecule has 0 spiro atoms. The summed E-state index contributed by atoms with van der Waals surface area (Å²) in [5, 5.41) is 0. The van der Waals surface area contributed by atoms with E-state index in [9.17, 15) is 0 Å². The first-order chi connectivity index (χ1) is 10.8. The van der Waals surface area contributed by atoms with Crippen molar-refractivity contribution in [3.63, 3.8) is 0 Å². The predicted molar refractivity (Wildman–Crippen MR) is 99.6 cm³/mol. The fraction of sp³-hybridized carbons (Fsp3) is 0.900. The molecule has 0 aromatic heterocycles. The minimum absolute atomic E-state index is 0.890. The molecular weight excluding hydrogens is 270 g/mol. The lowest BCUT2D eigenvalue weighted by Crippen LogP contribution is -2.24. The fourth-order valence-corrected chi connectivity index (χ4v) is 2.55. The molecule has 2 heteroatoms. The Morgan fingerprint density at radius 2 is 1.32 bits per heavy atom. The molecule has 132 valence electrons. The molecule has 0 unspecified atom stereocenters. The van der Waals surface area contributed by atoms with Crippen molar-refractivity contribution < 1.29 is 4.74 Å². The van der Waals surface area contributed by atoms with E-state index in [0.717, 1.165) is 19.8 Å².